The Hall–Kier alpha value is -1.87. The zero-order chi connectivity index (χ0) is 14.4. The van der Waals surface area contributed by atoms with E-state index in [4.69, 9.17) is 4.74 Å². The molecule has 106 valence electrons. The average molecular weight is 270 g/mol. The van der Waals surface area contributed by atoms with Crippen LogP contribution in [0.4, 0.5) is 5.82 Å². The Morgan fingerprint density at radius 1 is 1.00 bits per heavy atom. The number of rotatable bonds is 5. The number of hydrogen-bond acceptors (Lipinski definition) is 3. The molecule has 0 spiro atoms. The van der Waals surface area contributed by atoms with Crippen molar-refractivity contribution in [2.24, 2.45) is 0 Å². The fourth-order valence-corrected chi connectivity index (χ4v) is 1.88. The Bertz CT molecular complexity index is 532. The van der Waals surface area contributed by atoms with Gasteiger partial charge in [-0.15, -0.1) is 0 Å². The lowest BCUT2D eigenvalue weighted by atomic mass is 10.1. The summed E-state index contributed by atoms with van der Waals surface area (Å²) in [6.07, 6.45) is 1.81. The van der Waals surface area contributed by atoms with Crippen LogP contribution in [0.3, 0.4) is 0 Å². The number of pyridine rings is 1. The molecule has 0 saturated carbocycles. The van der Waals surface area contributed by atoms with Crippen molar-refractivity contribution in [1.29, 1.82) is 0 Å². The van der Waals surface area contributed by atoms with E-state index in [9.17, 15) is 0 Å². The fourth-order valence-electron chi connectivity index (χ4n) is 1.88. The van der Waals surface area contributed by atoms with Crippen molar-refractivity contribution >= 4 is 5.82 Å². The van der Waals surface area contributed by atoms with Crippen molar-refractivity contribution in [2.75, 3.05) is 5.32 Å². The number of anilines is 1. The number of ether oxygens (including phenoxy) is 1. The van der Waals surface area contributed by atoms with Crippen LogP contribution in [-0.4, -0.2) is 10.5 Å². The van der Waals surface area contributed by atoms with Gasteiger partial charge in [0.15, 0.2) is 0 Å². The highest BCUT2D eigenvalue weighted by molar-refractivity contribution is 5.39. The van der Waals surface area contributed by atoms with E-state index >= 15 is 0 Å². The van der Waals surface area contributed by atoms with Gasteiger partial charge in [-0.3, -0.25) is 0 Å². The molecule has 0 amide bonds. The largest absolute Gasteiger partial charge is 0.372 e. The standard InChI is InChI=1S/C17H22N2O/c1-17(2,3)19-16-11-15(9-10-18-16)13-20-12-14-7-5-4-6-8-14/h4-11H,12-13H2,1-3H3,(H,18,19). The van der Waals surface area contributed by atoms with Crippen LogP contribution in [0.25, 0.3) is 0 Å². The second-order valence-electron chi connectivity index (χ2n) is 5.90. The Labute approximate surface area is 121 Å². The van der Waals surface area contributed by atoms with Crippen LogP contribution in [0, 0.1) is 0 Å². The summed E-state index contributed by atoms with van der Waals surface area (Å²) in [5.41, 5.74) is 2.33. The van der Waals surface area contributed by atoms with Crippen molar-refractivity contribution < 1.29 is 4.74 Å². The lowest BCUT2D eigenvalue weighted by Gasteiger charge is -2.21. The number of benzene rings is 1. The molecule has 2 aromatic rings. The van der Waals surface area contributed by atoms with Gasteiger partial charge >= 0.3 is 0 Å². The van der Waals surface area contributed by atoms with Crippen molar-refractivity contribution in [3.63, 3.8) is 0 Å². The van der Waals surface area contributed by atoms with Gasteiger partial charge in [-0.1, -0.05) is 30.3 Å². The van der Waals surface area contributed by atoms with E-state index in [1.54, 1.807) is 0 Å². The minimum Gasteiger partial charge on any atom is -0.372 e. The molecule has 0 atom stereocenters. The quantitative estimate of drug-likeness (QED) is 0.891. The Morgan fingerprint density at radius 3 is 2.40 bits per heavy atom. The van der Waals surface area contributed by atoms with Gasteiger partial charge < -0.3 is 10.1 Å². The van der Waals surface area contributed by atoms with E-state index < -0.39 is 0 Å². The molecule has 0 bridgehead atoms. The molecule has 1 aromatic carbocycles. The van der Waals surface area contributed by atoms with E-state index in [0.717, 1.165) is 11.4 Å². The summed E-state index contributed by atoms with van der Waals surface area (Å²) in [6, 6.07) is 14.2. The second-order valence-corrected chi connectivity index (χ2v) is 5.90. The summed E-state index contributed by atoms with van der Waals surface area (Å²) < 4.78 is 5.74. The van der Waals surface area contributed by atoms with Crippen LogP contribution in [0.5, 0.6) is 0 Å². The summed E-state index contributed by atoms with van der Waals surface area (Å²) in [5, 5.41) is 3.36. The highest BCUT2D eigenvalue weighted by Crippen LogP contribution is 2.14. The van der Waals surface area contributed by atoms with Gasteiger partial charge in [0.1, 0.15) is 5.82 Å². The third kappa shape index (κ3) is 5.02. The molecule has 0 aliphatic carbocycles. The first kappa shape index (κ1) is 14.5. The predicted octanol–water partition coefficient (Wildman–Crippen LogP) is 4.01. The zero-order valence-electron chi connectivity index (χ0n) is 12.4. The number of nitrogens with zero attached hydrogens (tertiary/aromatic N) is 1. The van der Waals surface area contributed by atoms with Gasteiger partial charge in [-0.25, -0.2) is 4.98 Å². The molecule has 20 heavy (non-hydrogen) atoms. The van der Waals surface area contributed by atoms with Gasteiger partial charge in [-0.05, 0) is 44.0 Å². The van der Waals surface area contributed by atoms with Crippen molar-refractivity contribution in [3.8, 4) is 0 Å². The molecule has 2 rings (SSSR count). The lowest BCUT2D eigenvalue weighted by Crippen LogP contribution is -2.26. The van der Waals surface area contributed by atoms with Crippen LogP contribution in [0.2, 0.25) is 0 Å². The molecule has 1 N–H and O–H groups in total. The number of aromatic nitrogens is 1. The molecule has 0 saturated heterocycles. The first-order chi connectivity index (χ1) is 9.53. The monoisotopic (exact) mass is 270 g/mol. The molecule has 0 aliphatic rings. The third-order valence-corrected chi connectivity index (χ3v) is 2.71. The minimum atomic E-state index is 0.0104. The van der Waals surface area contributed by atoms with Crippen molar-refractivity contribution in [3.05, 3.63) is 59.8 Å². The number of nitrogens with one attached hydrogen (secondary N) is 1. The highest BCUT2D eigenvalue weighted by Gasteiger charge is 2.10. The topological polar surface area (TPSA) is 34.1 Å². The lowest BCUT2D eigenvalue weighted by molar-refractivity contribution is 0.107. The van der Waals surface area contributed by atoms with E-state index in [2.05, 4.69) is 43.2 Å². The van der Waals surface area contributed by atoms with Crippen LogP contribution < -0.4 is 5.32 Å². The maximum atomic E-state index is 5.74. The first-order valence-corrected chi connectivity index (χ1v) is 6.88. The number of hydrogen-bond donors (Lipinski definition) is 1. The maximum Gasteiger partial charge on any atom is 0.126 e. The molecule has 1 aromatic heterocycles. The second kappa shape index (κ2) is 6.53. The van der Waals surface area contributed by atoms with Crippen LogP contribution in [-0.2, 0) is 18.0 Å². The van der Waals surface area contributed by atoms with Crippen LogP contribution in [0.1, 0.15) is 31.9 Å². The van der Waals surface area contributed by atoms with Gasteiger partial charge in [0.25, 0.3) is 0 Å². The Morgan fingerprint density at radius 2 is 1.70 bits per heavy atom. The van der Waals surface area contributed by atoms with Crippen LogP contribution >= 0.6 is 0 Å². The van der Waals surface area contributed by atoms with E-state index in [1.165, 1.54) is 5.56 Å². The van der Waals surface area contributed by atoms with Gasteiger partial charge in [0.2, 0.25) is 0 Å². The SMILES string of the molecule is CC(C)(C)Nc1cc(COCc2ccccc2)ccn1. The summed E-state index contributed by atoms with van der Waals surface area (Å²) >= 11 is 0. The summed E-state index contributed by atoms with van der Waals surface area (Å²) in [5.74, 6) is 0.887. The molecule has 3 nitrogen and oxygen atoms in total. The predicted molar refractivity (Wildman–Crippen MR) is 82.5 cm³/mol. The average Bonchev–Trinajstić information content (AvgIpc) is 2.38. The molecule has 0 aliphatic heterocycles. The molecule has 0 fully saturated rings. The van der Waals surface area contributed by atoms with Gasteiger partial charge in [0, 0.05) is 11.7 Å². The molecular formula is C17H22N2O. The minimum absolute atomic E-state index is 0.0104. The molecule has 1 heterocycles. The van der Waals surface area contributed by atoms with Crippen molar-refractivity contribution in [2.45, 2.75) is 39.5 Å². The maximum absolute atomic E-state index is 5.74. The molecule has 0 radical (unpaired) electrons. The Balaban J connectivity index is 1.88. The smallest absolute Gasteiger partial charge is 0.126 e. The molecular weight excluding hydrogens is 248 g/mol. The third-order valence-electron chi connectivity index (χ3n) is 2.71. The molecule has 3 heteroatoms. The molecule has 0 unspecified atom stereocenters. The van der Waals surface area contributed by atoms with E-state index in [1.807, 2.05) is 36.5 Å². The Kier molecular flexibility index (Phi) is 4.74. The van der Waals surface area contributed by atoms with E-state index in [0.29, 0.717) is 13.2 Å². The van der Waals surface area contributed by atoms with Crippen molar-refractivity contribution in [1.82, 2.24) is 4.98 Å². The summed E-state index contributed by atoms with van der Waals surface area (Å²) in [6.45, 7) is 7.58. The highest BCUT2D eigenvalue weighted by atomic mass is 16.5. The van der Waals surface area contributed by atoms with Gasteiger partial charge in [0.05, 0.1) is 13.2 Å². The van der Waals surface area contributed by atoms with E-state index in [-0.39, 0.29) is 5.54 Å². The summed E-state index contributed by atoms with van der Waals surface area (Å²) in [4.78, 5) is 4.32. The summed E-state index contributed by atoms with van der Waals surface area (Å²) in [7, 11) is 0. The van der Waals surface area contributed by atoms with Crippen LogP contribution in [0.15, 0.2) is 48.7 Å². The normalized spacial score (nSPS) is 11.3. The zero-order valence-corrected chi connectivity index (χ0v) is 12.4. The fraction of sp³-hybridized carbons (Fsp3) is 0.353. The first-order valence-electron chi connectivity index (χ1n) is 6.88. The van der Waals surface area contributed by atoms with Gasteiger partial charge in [-0.2, -0.15) is 0 Å².